The van der Waals surface area contributed by atoms with Crippen LogP contribution < -0.4 is 5.32 Å². The van der Waals surface area contributed by atoms with E-state index in [2.05, 4.69) is 15.3 Å². The van der Waals surface area contributed by atoms with Crippen molar-refractivity contribution in [2.24, 2.45) is 0 Å². The van der Waals surface area contributed by atoms with E-state index in [0.29, 0.717) is 16.4 Å². The third-order valence-electron chi connectivity index (χ3n) is 2.85. The summed E-state index contributed by atoms with van der Waals surface area (Å²) < 4.78 is 12.9. The first-order chi connectivity index (χ1) is 10.6. The molecular formula is C15H9ClFN3OS. The lowest BCUT2D eigenvalue weighted by atomic mass is 10.2. The number of benzene rings is 1. The van der Waals surface area contributed by atoms with Gasteiger partial charge in [-0.1, -0.05) is 11.6 Å². The molecule has 1 aromatic carbocycles. The highest BCUT2D eigenvalue weighted by molar-refractivity contribution is 7.14. The van der Waals surface area contributed by atoms with Gasteiger partial charge in [-0.25, -0.2) is 14.4 Å². The number of hydrogen-bond acceptors (Lipinski definition) is 4. The van der Waals surface area contributed by atoms with Crippen molar-refractivity contribution in [1.29, 1.82) is 0 Å². The summed E-state index contributed by atoms with van der Waals surface area (Å²) in [5.74, 6) is -0.619. The van der Waals surface area contributed by atoms with Gasteiger partial charge in [-0.2, -0.15) is 0 Å². The van der Waals surface area contributed by atoms with Gasteiger partial charge >= 0.3 is 0 Å². The Balaban J connectivity index is 1.77. The first-order valence-electron chi connectivity index (χ1n) is 6.26. The van der Waals surface area contributed by atoms with Gasteiger partial charge in [-0.15, -0.1) is 11.3 Å². The van der Waals surface area contributed by atoms with Gasteiger partial charge < -0.3 is 0 Å². The molecule has 2 heterocycles. The molecule has 0 saturated carbocycles. The molecule has 2 aromatic heterocycles. The fourth-order valence-corrected chi connectivity index (χ4v) is 2.69. The number of pyridine rings is 1. The van der Waals surface area contributed by atoms with Crippen molar-refractivity contribution in [1.82, 2.24) is 9.97 Å². The number of anilines is 1. The molecule has 0 unspecified atom stereocenters. The van der Waals surface area contributed by atoms with E-state index in [-0.39, 0.29) is 16.9 Å². The predicted molar refractivity (Wildman–Crippen MR) is 84.7 cm³/mol. The molecule has 110 valence electrons. The lowest BCUT2D eigenvalue weighted by molar-refractivity contribution is 0.102. The fourth-order valence-electron chi connectivity index (χ4n) is 1.80. The number of nitrogens with zero attached hydrogens (tertiary/aromatic N) is 2. The number of rotatable bonds is 3. The van der Waals surface area contributed by atoms with Crippen LogP contribution in [0.15, 0.2) is 48.0 Å². The van der Waals surface area contributed by atoms with Crippen LogP contribution in [-0.2, 0) is 0 Å². The van der Waals surface area contributed by atoms with Gasteiger partial charge in [0, 0.05) is 22.7 Å². The molecule has 3 rings (SSSR count). The van der Waals surface area contributed by atoms with Gasteiger partial charge in [0.05, 0.1) is 5.69 Å². The average molecular weight is 334 g/mol. The Labute approximate surface area is 134 Å². The van der Waals surface area contributed by atoms with Crippen molar-refractivity contribution in [3.05, 3.63) is 64.5 Å². The van der Waals surface area contributed by atoms with Crippen molar-refractivity contribution in [3.8, 4) is 11.3 Å². The van der Waals surface area contributed by atoms with Crippen LogP contribution in [0.2, 0.25) is 5.15 Å². The van der Waals surface area contributed by atoms with E-state index in [4.69, 9.17) is 11.6 Å². The van der Waals surface area contributed by atoms with Crippen LogP contribution in [0.3, 0.4) is 0 Å². The van der Waals surface area contributed by atoms with Crippen LogP contribution in [0.1, 0.15) is 10.4 Å². The molecule has 0 aliphatic rings. The zero-order valence-electron chi connectivity index (χ0n) is 11.1. The van der Waals surface area contributed by atoms with Crippen LogP contribution in [-0.4, -0.2) is 15.9 Å². The number of carbonyl (C=O) groups is 1. The molecular weight excluding hydrogens is 325 g/mol. The molecule has 0 aliphatic carbocycles. The summed E-state index contributed by atoms with van der Waals surface area (Å²) >= 11 is 7.04. The molecule has 0 bridgehead atoms. The van der Waals surface area contributed by atoms with Crippen molar-refractivity contribution >= 4 is 34.0 Å². The highest BCUT2D eigenvalue weighted by atomic mass is 35.5. The second-order valence-electron chi connectivity index (χ2n) is 4.37. The summed E-state index contributed by atoms with van der Waals surface area (Å²) in [6.45, 7) is 0. The summed E-state index contributed by atoms with van der Waals surface area (Å²) in [6.07, 6.45) is 1.46. The minimum Gasteiger partial charge on any atom is -0.298 e. The van der Waals surface area contributed by atoms with Crippen molar-refractivity contribution < 1.29 is 9.18 Å². The van der Waals surface area contributed by atoms with Crippen molar-refractivity contribution in [2.75, 3.05) is 5.32 Å². The van der Waals surface area contributed by atoms with E-state index in [1.165, 1.54) is 35.7 Å². The summed E-state index contributed by atoms with van der Waals surface area (Å²) in [5.41, 5.74) is 1.86. The van der Waals surface area contributed by atoms with E-state index in [9.17, 15) is 9.18 Å². The zero-order valence-corrected chi connectivity index (χ0v) is 12.7. The van der Waals surface area contributed by atoms with Gasteiger partial charge in [0.15, 0.2) is 5.13 Å². The highest BCUT2D eigenvalue weighted by Crippen LogP contribution is 2.25. The standard InChI is InChI=1S/C15H9ClFN3OS/c16-13-7-10(5-6-18-13)14(21)20-15-19-12(8-22-15)9-1-3-11(17)4-2-9/h1-8H,(H,19,20,21). The maximum absolute atomic E-state index is 12.9. The molecule has 4 nitrogen and oxygen atoms in total. The third kappa shape index (κ3) is 3.29. The Hall–Kier alpha value is -2.31. The van der Waals surface area contributed by atoms with Crippen LogP contribution in [0, 0.1) is 5.82 Å². The molecule has 1 N–H and O–H groups in total. The molecule has 0 aliphatic heterocycles. The Morgan fingerprint density at radius 2 is 2.00 bits per heavy atom. The average Bonchev–Trinajstić information content (AvgIpc) is 2.96. The molecule has 0 atom stereocenters. The predicted octanol–water partition coefficient (Wildman–Crippen LogP) is 4.25. The third-order valence-corrected chi connectivity index (χ3v) is 3.82. The second-order valence-corrected chi connectivity index (χ2v) is 5.61. The molecule has 0 fully saturated rings. The topological polar surface area (TPSA) is 54.9 Å². The summed E-state index contributed by atoms with van der Waals surface area (Å²) in [5, 5.41) is 5.19. The number of hydrogen-bond donors (Lipinski definition) is 1. The lowest BCUT2D eigenvalue weighted by Gasteiger charge is -2.01. The number of nitrogens with one attached hydrogen (secondary N) is 1. The van der Waals surface area contributed by atoms with E-state index in [1.807, 2.05) is 0 Å². The molecule has 22 heavy (non-hydrogen) atoms. The van der Waals surface area contributed by atoms with E-state index in [1.54, 1.807) is 23.6 Å². The van der Waals surface area contributed by atoms with E-state index >= 15 is 0 Å². The highest BCUT2D eigenvalue weighted by Gasteiger charge is 2.10. The van der Waals surface area contributed by atoms with Crippen LogP contribution in [0.4, 0.5) is 9.52 Å². The lowest BCUT2D eigenvalue weighted by Crippen LogP contribution is -2.11. The van der Waals surface area contributed by atoms with Crippen LogP contribution in [0.25, 0.3) is 11.3 Å². The normalized spacial score (nSPS) is 10.5. The van der Waals surface area contributed by atoms with Crippen molar-refractivity contribution in [2.45, 2.75) is 0 Å². The second kappa shape index (κ2) is 6.21. The van der Waals surface area contributed by atoms with E-state index in [0.717, 1.165) is 5.56 Å². The SMILES string of the molecule is O=C(Nc1nc(-c2ccc(F)cc2)cs1)c1ccnc(Cl)c1. The summed E-state index contributed by atoms with van der Waals surface area (Å²) in [4.78, 5) is 20.2. The molecule has 0 saturated heterocycles. The quantitative estimate of drug-likeness (QED) is 0.729. The Morgan fingerprint density at radius 3 is 2.73 bits per heavy atom. The summed E-state index contributed by atoms with van der Waals surface area (Å²) in [6, 6.07) is 9.05. The van der Waals surface area contributed by atoms with Crippen molar-refractivity contribution in [3.63, 3.8) is 0 Å². The smallest absolute Gasteiger partial charge is 0.257 e. The maximum Gasteiger partial charge on any atom is 0.257 e. The molecule has 3 aromatic rings. The fraction of sp³-hybridized carbons (Fsp3) is 0. The first kappa shape index (κ1) is 14.6. The van der Waals surface area contributed by atoms with Crippen LogP contribution in [0.5, 0.6) is 0 Å². The zero-order chi connectivity index (χ0) is 15.5. The van der Waals surface area contributed by atoms with Gasteiger partial charge in [0.2, 0.25) is 0 Å². The van der Waals surface area contributed by atoms with Gasteiger partial charge in [-0.3, -0.25) is 10.1 Å². The Bertz CT molecular complexity index is 820. The summed E-state index contributed by atoms with van der Waals surface area (Å²) in [7, 11) is 0. The van der Waals surface area contributed by atoms with Gasteiger partial charge in [0.25, 0.3) is 5.91 Å². The van der Waals surface area contributed by atoms with E-state index < -0.39 is 0 Å². The Morgan fingerprint density at radius 1 is 1.23 bits per heavy atom. The minimum absolute atomic E-state index is 0.249. The minimum atomic E-state index is -0.315. The molecule has 7 heteroatoms. The molecule has 0 radical (unpaired) electrons. The maximum atomic E-state index is 12.9. The van der Waals surface area contributed by atoms with Gasteiger partial charge in [0.1, 0.15) is 11.0 Å². The number of carbonyl (C=O) groups excluding carboxylic acids is 1. The number of aromatic nitrogens is 2. The molecule has 1 amide bonds. The molecule has 0 spiro atoms. The first-order valence-corrected chi connectivity index (χ1v) is 7.52. The van der Waals surface area contributed by atoms with Gasteiger partial charge in [-0.05, 0) is 36.4 Å². The van der Waals surface area contributed by atoms with Crippen LogP contribution >= 0.6 is 22.9 Å². The number of halogens is 2. The Kier molecular flexibility index (Phi) is 4.13. The number of thiazole rings is 1. The number of amides is 1. The largest absolute Gasteiger partial charge is 0.298 e. The monoisotopic (exact) mass is 333 g/mol.